The number of aliphatic hydroxyl groups is 2. The van der Waals surface area contributed by atoms with E-state index in [-0.39, 0.29) is 37.4 Å². The van der Waals surface area contributed by atoms with Crippen molar-refractivity contribution in [2.75, 3.05) is 29.5 Å². The van der Waals surface area contributed by atoms with Gasteiger partial charge in [0.1, 0.15) is 0 Å². The summed E-state index contributed by atoms with van der Waals surface area (Å²) in [5.74, 6) is -0.921. The lowest BCUT2D eigenvalue weighted by molar-refractivity contribution is -0.139. The summed E-state index contributed by atoms with van der Waals surface area (Å²) < 4.78 is 0.757. The molecule has 2 aromatic rings. The molecule has 0 aliphatic carbocycles. The van der Waals surface area contributed by atoms with Gasteiger partial charge in [-0.25, -0.2) is 0 Å². The van der Waals surface area contributed by atoms with Gasteiger partial charge in [0.2, 0.25) is 11.8 Å². The van der Waals surface area contributed by atoms with Gasteiger partial charge in [0, 0.05) is 47.6 Å². The molecule has 2 fully saturated rings. The lowest BCUT2D eigenvalue weighted by atomic mass is 9.83. The van der Waals surface area contributed by atoms with E-state index in [4.69, 9.17) is 0 Å². The van der Waals surface area contributed by atoms with Gasteiger partial charge in [0.05, 0.1) is 24.9 Å². The second-order valence-corrected chi connectivity index (χ2v) is 12.6. The van der Waals surface area contributed by atoms with E-state index in [1.807, 2.05) is 41.3 Å². The summed E-state index contributed by atoms with van der Waals surface area (Å²) in [5.41, 5.74) is 1.13. The highest BCUT2D eigenvalue weighted by molar-refractivity contribution is 9.10. The Hall–Kier alpha value is -3.01. The van der Waals surface area contributed by atoms with E-state index in [2.05, 4.69) is 15.9 Å². The first-order valence-corrected chi connectivity index (χ1v) is 15.8. The van der Waals surface area contributed by atoms with Gasteiger partial charge >= 0.3 is 0 Å². The number of hydrogen-bond acceptors (Lipinski definition) is 5. The predicted molar refractivity (Wildman–Crippen MR) is 166 cm³/mol. The Kier molecular flexibility index (Phi) is 9.50. The second kappa shape index (κ2) is 13.1. The third-order valence-corrected chi connectivity index (χ3v) is 9.42. The first-order chi connectivity index (χ1) is 20.2. The van der Waals surface area contributed by atoms with Gasteiger partial charge in [-0.2, -0.15) is 0 Å². The number of aliphatic hydroxyl groups excluding tert-OH is 1. The molecule has 0 bridgehead atoms. The fraction of sp³-hybridized carbons (Fsp3) is 0.485. The number of anilines is 2. The number of likely N-dealkylation sites (tertiary alicyclic amines) is 1. The predicted octanol–water partition coefficient (Wildman–Crippen LogP) is 5.05. The molecule has 3 aliphatic heterocycles. The summed E-state index contributed by atoms with van der Waals surface area (Å²) in [5, 5.41) is 21.5. The Morgan fingerprint density at radius 1 is 1.07 bits per heavy atom. The van der Waals surface area contributed by atoms with Crippen LogP contribution in [0.5, 0.6) is 0 Å². The average Bonchev–Trinajstić information content (AvgIpc) is 3.54. The molecule has 8 nitrogen and oxygen atoms in total. The van der Waals surface area contributed by atoms with Crippen LogP contribution in [0.25, 0.3) is 0 Å². The highest BCUT2D eigenvalue weighted by Crippen LogP contribution is 2.46. The minimum Gasteiger partial charge on any atom is -0.394 e. The van der Waals surface area contributed by atoms with E-state index in [1.165, 1.54) is 0 Å². The van der Waals surface area contributed by atoms with Gasteiger partial charge in [0.25, 0.3) is 5.91 Å². The maximum Gasteiger partial charge on any atom is 0.264 e. The number of fused-ring (bicyclic) bond motifs is 1. The molecule has 0 aromatic heterocycles. The molecule has 2 saturated heterocycles. The van der Waals surface area contributed by atoms with Crippen molar-refractivity contribution in [3.8, 4) is 0 Å². The van der Waals surface area contributed by atoms with Crippen LogP contribution in [0.15, 0.2) is 59.1 Å². The molecule has 0 unspecified atom stereocenters. The Balaban J connectivity index is 1.32. The molecular weight excluding hydrogens is 598 g/mol. The number of halogens is 1. The van der Waals surface area contributed by atoms with Gasteiger partial charge in [-0.15, -0.1) is 0 Å². The molecule has 3 amide bonds. The van der Waals surface area contributed by atoms with Crippen LogP contribution in [0.4, 0.5) is 11.4 Å². The summed E-state index contributed by atoms with van der Waals surface area (Å²) >= 11 is 3.49. The van der Waals surface area contributed by atoms with Crippen LogP contribution in [-0.2, 0) is 26.5 Å². The van der Waals surface area contributed by atoms with Gasteiger partial charge in [-0.1, -0.05) is 60.0 Å². The SMILES string of the molecule is C[C@@H](/C=C/CC(=O)N1CCC[C@H]1CO)[C@]1(O)C(=O)N(Cc2ccc(N3CCCCCCC3=O)cc2)c2ccc(Br)cc21. The summed E-state index contributed by atoms with van der Waals surface area (Å²) in [6.45, 7) is 3.38. The van der Waals surface area contributed by atoms with Crippen molar-refractivity contribution in [2.45, 2.75) is 76.5 Å². The lowest BCUT2D eigenvalue weighted by Crippen LogP contribution is -2.44. The van der Waals surface area contributed by atoms with Gasteiger partial charge in [0.15, 0.2) is 5.60 Å². The zero-order chi connectivity index (χ0) is 29.9. The molecule has 0 spiro atoms. The van der Waals surface area contributed by atoms with E-state index >= 15 is 0 Å². The largest absolute Gasteiger partial charge is 0.394 e. The third-order valence-electron chi connectivity index (χ3n) is 8.93. The topological polar surface area (TPSA) is 101 Å². The highest BCUT2D eigenvalue weighted by Gasteiger charge is 2.52. The minimum absolute atomic E-state index is 0.0410. The zero-order valence-corrected chi connectivity index (χ0v) is 25.8. The quantitative estimate of drug-likeness (QED) is 0.395. The average molecular weight is 639 g/mol. The standard InChI is InChI=1S/C33H40BrN3O5/c1-23(8-6-11-31(40)36-19-7-9-27(36)22-38)33(42)28-20-25(34)14-17-29(28)37(32(33)41)21-24-12-15-26(16-13-24)35-18-5-3-2-4-10-30(35)39/h6,8,12-17,20,23,27,38,42H,2-5,7,9-11,18-19,21-22H2,1H3/b8-6+/t23-,27-,33+/m0/s1. The van der Waals surface area contributed by atoms with Crippen molar-refractivity contribution < 1.29 is 24.6 Å². The molecule has 3 heterocycles. The van der Waals surface area contributed by atoms with Crippen molar-refractivity contribution >= 4 is 45.0 Å². The van der Waals surface area contributed by atoms with Gasteiger partial charge < -0.3 is 24.9 Å². The van der Waals surface area contributed by atoms with Crippen molar-refractivity contribution in [2.24, 2.45) is 5.92 Å². The molecule has 42 heavy (non-hydrogen) atoms. The van der Waals surface area contributed by atoms with Gasteiger partial charge in [-0.3, -0.25) is 14.4 Å². The summed E-state index contributed by atoms with van der Waals surface area (Å²) in [6.07, 6.45) is 10.00. The molecule has 0 saturated carbocycles. The van der Waals surface area contributed by atoms with Crippen LogP contribution in [-0.4, -0.2) is 58.6 Å². The molecule has 9 heteroatoms. The first kappa shape index (κ1) is 30.4. The molecule has 3 atom stereocenters. The Morgan fingerprint density at radius 3 is 2.60 bits per heavy atom. The number of carbonyl (C=O) groups excluding carboxylic acids is 3. The minimum atomic E-state index is -1.79. The van der Waals surface area contributed by atoms with Gasteiger partial charge in [-0.05, 0) is 61.6 Å². The molecule has 2 aromatic carbocycles. The van der Waals surface area contributed by atoms with Crippen LogP contribution in [0, 0.1) is 5.92 Å². The number of carbonyl (C=O) groups is 3. The van der Waals surface area contributed by atoms with Crippen molar-refractivity contribution in [1.82, 2.24) is 4.90 Å². The second-order valence-electron chi connectivity index (χ2n) is 11.7. The van der Waals surface area contributed by atoms with Crippen molar-refractivity contribution in [1.29, 1.82) is 0 Å². The Labute approximate surface area is 256 Å². The van der Waals surface area contributed by atoms with E-state index in [0.717, 1.165) is 60.8 Å². The normalized spacial score (nSPS) is 23.8. The first-order valence-electron chi connectivity index (χ1n) is 15.0. The third kappa shape index (κ3) is 6.05. The molecule has 3 aliphatic rings. The fourth-order valence-corrected chi connectivity index (χ4v) is 6.82. The highest BCUT2D eigenvalue weighted by atomic mass is 79.9. The fourth-order valence-electron chi connectivity index (χ4n) is 6.46. The molecule has 0 radical (unpaired) electrons. The van der Waals surface area contributed by atoms with E-state index < -0.39 is 17.4 Å². The van der Waals surface area contributed by atoms with Crippen LogP contribution < -0.4 is 9.80 Å². The number of nitrogens with zero attached hydrogens (tertiary/aromatic N) is 3. The summed E-state index contributed by atoms with van der Waals surface area (Å²) in [6, 6.07) is 13.1. The summed E-state index contributed by atoms with van der Waals surface area (Å²) in [7, 11) is 0. The van der Waals surface area contributed by atoms with Crippen LogP contribution >= 0.6 is 15.9 Å². The van der Waals surface area contributed by atoms with Crippen molar-refractivity contribution in [3.05, 3.63) is 70.2 Å². The molecular formula is C33H40BrN3O5. The van der Waals surface area contributed by atoms with Crippen LogP contribution in [0.3, 0.4) is 0 Å². The molecule has 2 N–H and O–H groups in total. The Bertz CT molecular complexity index is 1350. The molecule has 5 rings (SSSR count). The monoisotopic (exact) mass is 637 g/mol. The smallest absolute Gasteiger partial charge is 0.264 e. The number of amides is 3. The molecule has 224 valence electrons. The van der Waals surface area contributed by atoms with Crippen molar-refractivity contribution in [3.63, 3.8) is 0 Å². The number of rotatable bonds is 8. The van der Waals surface area contributed by atoms with E-state index in [9.17, 15) is 24.6 Å². The van der Waals surface area contributed by atoms with E-state index in [0.29, 0.717) is 24.2 Å². The summed E-state index contributed by atoms with van der Waals surface area (Å²) in [4.78, 5) is 44.5. The maximum absolute atomic E-state index is 13.9. The van der Waals surface area contributed by atoms with Crippen LogP contribution in [0.1, 0.15) is 69.4 Å². The Morgan fingerprint density at radius 2 is 1.83 bits per heavy atom. The zero-order valence-electron chi connectivity index (χ0n) is 24.2. The van der Waals surface area contributed by atoms with Crippen LogP contribution in [0.2, 0.25) is 0 Å². The van der Waals surface area contributed by atoms with E-state index in [1.54, 1.807) is 34.9 Å². The number of hydrogen-bond donors (Lipinski definition) is 2. The number of benzene rings is 2. The maximum atomic E-state index is 13.9. The lowest BCUT2D eigenvalue weighted by Gasteiger charge is -2.28.